The predicted molar refractivity (Wildman–Crippen MR) is 469 cm³/mol. The van der Waals surface area contributed by atoms with Crippen molar-refractivity contribution in [3.63, 3.8) is 0 Å². The number of aromatic hydroxyl groups is 1. The molecule has 37 nitrogen and oxygen atoms in total. The first-order valence-corrected chi connectivity index (χ1v) is 45.7. The number of ketones is 4. The molecular formula is C88H120N10O27S3. The second kappa shape index (κ2) is 58.8. The molecule has 2 heterocycles. The minimum absolute atomic E-state index is 0.0126. The van der Waals surface area contributed by atoms with Gasteiger partial charge < -0.3 is 81.9 Å². The van der Waals surface area contributed by atoms with Crippen molar-refractivity contribution in [3.05, 3.63) is 118 Å². The smallest absolute Gasteiger partial charge is 0.407 e. The number of thiazole rings is 1. The van der Waals surface area contributed by atoms with Gasteiger partial charge in [-0.15, -0.1) is 11.3 Å². The number of amides is 8. The Bertz CT molecular complexity index is 4360. The van der Waals surface area contributed by atoms with E-state index in [9.17, 15) is 97.1 Å². The Morgan fingerprint density at radius 2 is 1.28 bits per heavy atom. The van der Waals surface area contributed by atoms with E-state index in [2.05, 4.69) is 42.2 Å². The van der Waals surface area contributed by atoms with Gasteiger partial charge in [-0.3, -0.25) is 72.0 Å². The van der Waals surface area contributed by atoms with Gasteiger partial charge in [0.1, 0.15) is 29.1 Å². The number of aromatic nitrogens is 1. The van der Waals surface area contributed by atoms with E-state index in [1.54, 1.807) is 79.7 Å². The first-order valence-electron chi connectivity index (χ1n) is 42.4. The summed E-state index contributed by atoms with van der Waals surface area (Å²) < 4.78 is 17.0. The van der Waals surface area contributed by atoms with Crippen LogP contribution in [0.3, 0.4) is 0 Å². The van der Waals surface area contributed by atoms with Gasteiger partial charge in [-0.1, -0.05) is 149 Å². The fourth-order valence-corrected chi connectivity index (χ4v) is 17.0. The number of hydrogen-bond donors (Lipinski definition) is 12. The Labute approximate surface area is 754 Å². The van der Waals surface area contributed by atoms with Crippen LogP contribution < -0.4 is 37.2 Å². The zero-order valence-electron chi connectivity index (χ0n) is 73.2. The van der Waals surface area contributed by atoms with Crippen LogP contribution in [0.4, 0.5) is 9.59 Å². The highest BCUT2D eigenvalue weighted by Crippen LogP contribution is 2.35. The molecule has 12 atom stereocenters. The third kappa shape index (κ3) is 41.5. The number of Topliss-reactive ketones (excluding diaryl/α,β-unsaturated/α-hetero) is 4. The lowest BCUT2D eigenvalue weighted by atomic mass is 9.82. The van der Waals surface area contributed by atoms with Crippen LogP contribution in [0, 0.1) is 35.5 Å². The van der Waals surface area contributed by atoms with Crippen molar-refractivity contribution in [2.24, 2.45) is 35.5 Å². The number of ether oxygens (including phenoxy) is 3. The lowest BCUT2D eigenvalue weighted by Gasteiger charge is -2.39. The summed E-state index contributed by atoms with van der Waals surface area (Å²) in [5.74, 6) is -17.1. The summed E-state index contributed by atoms with van der Waals surface area (Å²) >= 11 is 1.03. The lowest BCUT2D eigenvalue weighted by Crippen LogP contribution is -2.50. The van der Waals surface area contributed by atoms with Crippen LogP contribution >= 0.6 is 32.9 Å². The number of phenolic OH excluding ortho intramolecular Hbond substituents is 1. The SMILES string of the molecule is CCCC(=O)OCN(C(=O)[C@@H](CC(=O)[C@H]1CCCCN1C)C(C)CC)[C@H](C[C@@H](OC(C)=O)c1nc(C(=O)N[C@@H](Cc2ccc(O)cc2)C[C@H](C)C(=O)CNC(=O)OCCSSC[C@@H](CC(=O)[C@H](CC(=O)O)NC(=O)[C@@H](CC(=O)[C@H](Cc2ccccc2)NC(=O)CCNC(=O)CC[C@H](NC(=O)NCCCC(=O)O)C(=O)O)Cc2ccccc2)C(=O)O)cs1)C(C)C.O=C=O. The van der Waals surface area contributed by atoms with Crippen molar-refractivity contribution < 1.29 is 131 Å². The monoisotopic (exact) mass is 1840 g/mol. The van der Waals surface area contributed by atoms with Crippen LogP contribution in [-0.4, -0.2) is 241 Å². The zero-order chi connectivity index (χ0) is 95.0. The number of alkyl carbamates (subject to hydrolysis) is 1. The molecule has 0 radical (unpaired) electrons. The summed E-state index contributed by atoms with van der Waals surface area (Å²) in [7, 11) is 3.97. The molecule has 40 heteroatoms. The Kier molecular flexibility index (Phi) is 50.0. The van der Waals surface area contributed by atoms with E-state index < -0.39 is 188 Å². The van der Waals surface area contributed by atoms with Gasteiger partial charge in [-0.05, 0) is 112 Å². The molecule has 5 rings (SSSR count). The average molecular weight is 1850 g/mol. The number of phenols is 1. The van der Waals surface area contributed by atoms with Crippen molar-refractivity contribution >= 4 is 140 Å². The van der Waals surface area contributed by atoms with Gasteiger partial charge in [0.25, 0.3) is 5.91 Å². The topological polar surface area (TPSA) is 557 Å². The Morgan fingerprint density at radius 1 is 0.641 bits per heavy atom. The van der Waals surface area contributed by atoms with Crippen LogP contribution in [0.5, 0.6) is 5.75 Å². The first kappa shape index (κ1) is 109. The molecule has 1 unspecified atom stereocenters. The number of likely N-dealkylation sites (N-methyl/N-ethyl adjacent to an activating group) is 1. The van der Waals surface area contributed by atoms with Crippen LogP contribution in [-0.2, 0) is 110 Å². The Morgan fingerprint density at radius 3 is 1.88 bits per heavy atom. The highest BCUT2D eigenvalue weighted by molar-refractivity contribution is 8.76. The largest absolute Gasteiger partial charge is 0.508 e. The van der Waals surface area contributed by atoms with Crippen LogP contribution in [0.2, 0.25) is 0 Å². The maximum absolute atomic E-state index is 15.1. The van der Waals surface area contributed by atoms with Crippen LogP contribution in [0.15, 0.2) is 90.3 Å². The summed E-state index contributed by atoms with van der Waals surface area (Å²) in [5.41, 5.74) is 1.78. The number of carboxylic acid groups (broad SMARTS) is 4. The number of urea groups is 1. The normalized spacial score (nSPS) is 15.0. The van der Waals surface area contributed by atoms with E-state index in [1.807, 2.05) is 46.6 Å². The van der Waals surface area contributed by atoms with Gasteiger partial charge in [0.15, 0.2) is 36.0 Å². The molecule has 1 aromatic heterocycles. The summed E-state index contributed by atoms with van der Waals surface area (Å²) in [6.45, 7) is 11.5. The third-order valence-electron chi connectivity index (χ3n) is 21.2. The molecule has 0 spiro atoms. The standard InChI is InChI=1S/C87H120N10O25S3.CO2/c1-9-20-79(110)121-51-97(83(113)63(53(5)10-2)45-72(102)68-25-17-18-36-96(68)8)69(52(3)4)47-74(122-55(7)98)82-94-67(50-123-82)81(112)91-61(41-58-27-29-62(99)30-28-58)39-54(6)73(103)48-90-87(119)120-37-38-124-125-49-60(84(114)115)44-71(101)66(46-78(108)109)93-80(111)59(40-56-21-13-11-14-22-56)43-70(100)65(42-57-23-15-12-16-24-57)92-76(105)33-35-88-75(104)32-31-64(85(116)117)95-86(118)89-34-19-26-77(106)107;2-1-3/h11-16,21-24,27-30,50,52-54,59-61,63-66,68-69,74,99H,9-10,17-20,25-26,31-49,51H2,1-8H3,(H,88,104)(H,90,119)(H,91,112)(H,92,105)(H,93,111)(H,106,107)(H,108,109)(H,114,115)(H,116,117)(H2,89,95,118);/t53?,54-,59+,60+,61+,63-,64-,65-,66-,68+,69+,74+;/m0./s1. The number of likely N-dealkylation sites (tertiary alicyclic amines) is 1. The third-order valence-corrected chi connectivity index (χ3v) is 24.6. The van der Waals surface area contributed by atoms with Crippen molar-refractivity contribution in [2.45, 2.75) is 219 Å². The number of carbonyl (C=O) groups is 17. The summed E-state index contributed by atoms with van der Waals surface area (Å²) in [6, 6.07) is 15.9. The molecule has 0 aliphatic carbocycles. The van der Waals surface area contributed by atoms with Crippen LogP contribution in [0.1, 0.15) is 196 Å². The lowest BCUT2D eigenvalue weighted by molar-refractivity contribution is -0.192. The van der Waals surface area contributed by atoms with Crippen molar-refractivity contribution in [1.82, 2.24) is 52.0 Å². The maximum atomic E-state index is 15.1. The number of aliphatic carboxylic acids is 4. The molecular weight excluding hydrogens is 1730 g/mol. The van der Waals surface area contributed by atoms with Gasteiger partial charge >= 0.3 is 54.1 Å². The zero-order valence-corrected chi connectivity index (χ0v) is 75.7. The molecule has 128 heavy (non-hydrogen) atoms. The van der Waals surface area contributed by atoms with Gasteiger partial charge in [0.05, 0.1) is 37.0 Å². The van der Waals surface area contributed by atoms with Crippen molar-refractivity contribution in [2.75, 3.05) is 58.1 Å². The van der Waals surface area contributed by atoms with E-state index in [0.29, 0.717) is 36.0 Å². The maximum Gasteiger partial charge on any atom is 0.407 e. The molecule has 1 saturated heterocycles. The van der Waals surface area contributed by atoms with Gasteiger partial charge in [0.2, 0.25) is 23.6 Å². The summed E-state index contributed by atoms with van der Waals surface area (Å²) in [4.78, 5) is 249. The highest BCUT2D eigenvalue weighted by atomic mass is 33.1. The average Bonchev–Trinajstić information content (AvgIpc) is 1.35. The van der Waals surface area contributed by atoms with Gasteiger partial charge in [-0.25, -0.2) is 19.4 Å². The van der Waals surface area contributed by atoms with E-state index in [4.69, 9.17) is 28.9 Å². The number of carboxylic acids is 4. The number of hydrogen-bond acceptors (Lipinski definition) is 28. The van der Waals surface area contributed by atoms with E-state index in [-0.39, 0.29) is 154 Å². The summed E-state index contributed by atoms with van der Waals surface area (Å²) in [6.07, 6.45) is -1.70. The Balaban J connectivity index is 0.0000113. The number of nitrogens with zero attached hydrogens (tertiary/aromatic N) is 3. The fourth-order valence-electron chi connectivity index (χ4n) is 14.0. The summed E-state index contributed by atoms with van der Waals surface area (Å²) in [5, 5.41) is 68.0. The number of carbonyl (C=O) groups excluding carboxylic acids is 15. The molecule has 0 bridgehead atoms. The minimum atomic E-state index is -1.77. The number of piperidine rings is 1. The van der Waals surface area contributed by atoms with Gasteiger partial charge in [-0.2, -0.15) is 9.59 Å². The van der Waals surface area contributed by atoms with Crippen molar-refractivity contribution in [3.8, 4) is 5.75 Å². The fraction of sp³-hybridized carbons (Fsp3) is 0.557. The number of benzene rings is 3. The molecule has 1 fully saturated rings. The molecule has 3 aromatic carbocycles. The number of nitrogens with one attached hydrogen (secondary N) is 7. The number of esters is 2. The molecule has 0 saturated carbocycles. The second-order valence-corrected chi connectivity index (χ2v) is 35.1. The minimum Gasteiger partial charge on any atom is -0.508 e. The molecule has 4 aromatic rings. The number of rotatable bonds is 59. The molecule has 8 amide bonds. The van der Waals surface area contributed by atoms with Gasteiger partial charge in [0, 0.05) is 118 Å². The van der Waals surface area contributed by atoms with Crippen molar-refractivity contribution in [1.29, 1.82) is 0 Å². The molecule has 12 N–H and O–H groups in total. The predicted octanol–water partition coefficient (Wildman–Crippen LogP) is 7.63. The molecule has 1 aliphatic rings. The van der Waals surface area contributed by atoms with E-state index in [0.717, 1.165) is 52.3 Å². The first-order chi connectivity index (χ1) is 60.9. The quantitative estimate of drug-likeness (QED) is 0.00664. The Hall–Kier alpha value is -11.5. The van der Waals surface area contributed by atoms with Crippen LogP contribution in [0.25, 0.3) is 0 Å². The highest BCUT2D eigenvalue weighted by Gasteiger charge is 2.41. The van der Waals surface area contributed by atoms with E-state index >= 15 is 4.79 Å². The molecule has 702 valence electrons. The molecule has 1 aliphatic heterocycles. The van der Waals surface area contributed by atoms with E-state index in [1.165, 1.54) is 29.3 Å². The second-order valence-electron chi connectivity index (χ2n) is 31.6.